The van der Waals surface area contributed by atoms with Gasteiger partial charge in [0.15, 0.2) is 17.0 Å². The molecule has 0 unspecified atom stereocenters. The number of aromatic nitrogens is 3. The lowest BCUT2D eigenvalue weighted by Crippen LogP contribution is -2.49. The second-order valence-corrected chi connectivity index (χ2v) is 8.51. The van der Waals surface area contributed by atoms with E-state index in [1.807, 2.05) is 35.2 Å². The highest BCUT2D eigenvalue weighted by molar-refractivity contribution is 6.13. The molecule has 0 saturated carbocycles. The third kappa shape index (κ3) is 3.90. The summed E-state index contributed by atoms with van der Waals surface area (Å²) in [5.41, 5.74) is 2.23. The Balaban J connectivity index is 1.22. The molecular weight excluding hydrogens is 478 g/mol. The van der Waals surface area contributed by atoms with Crippen LogP contribution in [0.3, 0.4) is 0 Å². The zero-order valence-electron chi connectivity index (χ0n) is 19.7. The van der Waals surface area contributed by atoms with Gasteiger partial charge in [-0.05, 0) is 18.2 Å². The number of hydrogen-bond acceptors (Lipinski definition) is 9. The van der Waals surface area contributed by atoms with E-state index < -0.39 is 5.97 Å². The summed E-state index contributed by atoms with van der Waals surface area (Å²) in [6.07, 6.45) is 3.92. The Morgan fingerprint density at radius 3 is 2.51 bits per heavy atom. The summed E-state index contributed by atoms with van der Waals surface area (Å²) in [6, 6.07) is 11.3. The maximum absolute atomic E-state index is 13.2. The lowest BCUT2D eigenvalue weighted by molar-refractivity contribution is 0.0693. The van der Waals surface area contributed by atoms with Crippen LogP contribution in [0.5, 0.6) is 5.75 Å². The van der Waals surface area contributed by atoms with Gasteiger partial charge in [-0.15, -0.1) is 0 Å². The van der Waals surface area contributed by atoms with Crippen molar-refractivity contribution in [1.29, 1.82) is 0 Å². The predicted molar refractivity (Wildman–Crippen MR) is 133 cm³/mol. The molecule has 11 heteroatoms. The van der Waals surface area contributed by atoms with Crippen LogP contribution in [0.4, 0.5) is 5.95 Å². The van der Waals surface area contributed by atoms with Crippen molar-refractivity contribution < 1.29 is 28.3 Å². The van der Waals surface area contributed by atoms with Crippen molar-refractivity contribution in [1.82, 2.24) is 19.9 Å². The Hall–Kier alpha value is -4.93. The fraction of sp³-hybridized carbons (Fsp3) is 0.192. The Labute approximate surface area is 209 Å². The van der Waals surface area contributed by atoms with Gasteiger partial charge in [-0.25, -0.2) is 19.7 Å². The number of carbonyl (C=O) groups excluding carboxylic acids is 1. The van der Waals surface area contributed by atoms with E-state index in [2.05, 4.69) is 15.0 Å². The van der Waals surface area contributed by atoms with Gasteiger partial charge in [0.1, 0.15) is 11.8 Å². The van der Waals surface area contributed by atoms with Gasteiger partial charge in [0.05, 0.1) is 12.7 Å². The predicted octanol–water partition coefficient (Wildman–Crippen LogP) is 3.70. The summed E-state index contributed by atoms with van der Waals surface area (Å²) in [5, 5.41) is 10.7. The highest BCUT2D eigenvalue weighted by Crippen LogP contribution is 2.40. The summed E-state index contributed by atoms with van der Waals surface area (Å²) in [6.45, 7) is 1.88. The van der Waals surface area contributed by atoms with Crippen LogP contribution in [0, 0.1) is 0 Å². The zero-order chi connectivity index (χ0) is 25.5. The molecule has 1 aliphatic rings. The van der Waals surface area contributed by atoms with E-state index in [0.717, 1.165) is 10.8 Å². The molecule has 3 aromatic heterocycles. The molecule has 1 N–H and O–H groups in total. The number of amides is 1. The van der Waals surface area contributed by atoms with Crippen LogP contribution in [0.15, 0.2) is 63.9 Å². The number of carboxylic acid groups (broad SMARTS) is 1. The topological polar surface area (TPSA) is 135 Å². The third-order valence-electron chi connectivity index (χ3n) is 6.40. The maximum Gasteiger partial charge on any atom is 0.338 e. The number of carboxylic acids is 1. The monoisotopic (exact) mass is 499 g/mol. The number of fused-ring (bicyclic) bond motifs is 3. The molecule has 2 aromatic carbocycles. The number of piperazine rings is 1. The first-order valence-electron chi connectivity index (χ1n) is 11.6. The minimum absolute atomic E-state index is 0.0250. The number of benzene rings is 2. The lowest BCUT2D eigenvalue weighted by atomic mass is 10.1. The molecular formula is C26H21N5O6. The average Bonchev–Trinajstić information content (AvgIpc) is 3.58. The van der Waals surface area contributed by atoms with E-state index in [0.29, 0.717) is 60.5 Å². The summed E-state index contributed by atoms with van der Waals surface area (Å²) in [7, 11) is 1.58. The maximum atomic E-state index is 13.2. The molecule has 0 atom stereocenters. The van der Waals surface area contributed by atoms with Crippen molar-refractivity contribution in [3.8, 4) is 17.2 Å². The molecule has 6 rings (SSSR count). The minimum atomic E-state index is -1.08. The van der Waals surface area contributed by atoms with Crippen LogP contribution in [-0.2, 0) is 0 Å². The van der Waals surface area contributed by atoms with Crippen molar-refractivity contribution in [2.24, 2.45) is 0 Å². The van der Waals surface area contributed by atoms with Crippen molar-refractivity contribution >= 4 is 39.8 Å². The van der Waals surface area contributed by atoms with Crippen LogP contribution in [0.2, 0.25) is 0 Å². The fourth-order valence-corrected chi connectivity index (χ4v) is 4.51. The molecule has 0 bridgehead atoms. The van der Waals surface area contributed by atoms with Gasteiger partial charge in [-0.1, -0.05) is 18.2 Å². The minimum Gasteiger partial charge on any atom is -0.493 e. The largest absolute Gasteiger partial charge is 0.493 e. The number of para-hydroxylation sites is 1. The first kappa shape index (κ1) is 22.5. The Morgan fingerprint density at radius 2 is 1.78 bits per heavy atom. The van der Waals surface area contributed by atoms with E-state index in [1.54, 1.807) is 18.1 Å². The number of methoxy groups -OCH3 is 1. The van der Waals surface area contributed by atoms with Crippen LogP contribution in [-0.4, -0.2) is 70.1 Å². The van der Waals surface area contributed by atoms with Gasteiger partial charge in [0.2, 0.25) is 11.8 Å². The highest BCUT2D eigenvalue weighted by atomic mass is 16.5. The van der Waals surface area contributed by atoms with Crippen molar-refractivity contribution in [3.63, 3.8) is 0 Å². The van der Waals surface area contributed by atoms with E-state index >= 15 is 0 Å². The molecule has 0 aliphatic carbocycles. The Bertz CT molecular complexity index is 1630. The van der Waals surface area contributed by atoms with Crippen LogP contribution in [0.25, 0.3) is 33.4 Å². The number of oxazole rings is 1. The first-order chi connectivity index (χ1) is 18.0. The SMILES string of the molecule is COc1ccc(-c2nc(C(=O)N3CCN(c4ncc(C(=O)O)cn4)CC3)co2)c2c1oc1ccccc12. The van der Waals surface area contributed by atoms with Gasteiger partial charge < -0.3 is 28.5 Å². The molecule has 0 radical (unpaired) electrons. The van der Waals surface area contributed by atoms with Crippen LogP contribution >= 0.6 is 0 Å². The molecule has 1 aliphatic heterocycles. The van der Waals surface area contributed by atoms with E-state index in [4.69, 9.17) is 18.7 Å². The quantitative estimate of drug-likeness (QED) is 0.381. The van der Waals surface area contributed by atoms with Gasteiger partial charge in [-0.2, -0.15) is 0 Å². The van der Waals surface area contributed by atoms with Gasteiger partial charge >= 0.3 is 5.97 Å². The molecule has 1 saturated heterocycles. The van der Waals surface area contributed by atoms with Gasteiger partial charge in [0.25, 0.3) is 5.91 Å². The molecule has 4 heterocycles. The van der Waals surface area contributed by atoms with Crippen molar-refractivity contribution in [2.75, 3.05) is 38.2 Å². The first-order valence-corrected chi connectivity index (χ1v) is 11.6. The lowest BCUT2D eigenvalue weighted by Gasteiger charge is -2.34. The molecule has 186 valence electrons. The van der Waals surface area contributed by atoms with Gasteiger partial charge in [0, 0.05) is 54.9 Å². The van der Waals surface area contributed by atoms with Gasteiger partial charge in [-0.3, -0.25) is 4.79 Å². The summed E-state index contributed by atoms with van der Waals surface area (Å²) in [5.74, 6) is 0.0194. The average molecular weight is 499 g/mol. The number of nitrogens with zero attached hydrogens (tertiary/aromatic N) is 5. The third-order valence-corrected chi connectivity index (χ3v) is 6.40. The number of hydrogen-bond donors (Lipinski definition) is 1. The van der Waals surface area contributed by atoms with E-state index in [-0.39, 0.29) is 17.2 Å². The van der Waals surface area contributed by atoms with Crippen LogP contribution in [0.1, 0.15) is 20.8 Å². The zero-order valence-corrected chi connectivity index (χ0v) is 19.7. The second kappa shape index (κ2) is 8.94. The molecule has 37 heavy (non-hydrogen) atoms. The number of carbonyl (C=O) groups is 2. The number of ether oxygens (including phenoxy) is 1. The molecule has 1 amide bonds. The molecule has 0 spiro atoms. The Morgan fingerprint density at radius 1 is 1.03 bits per heavy atom. The van der Waals surface area contributed by atoms with Crippen molar-refractivity contribution in [2.45, 2.75) is 0 Å². The molecule has 5 aromatic rings. The molecule has 11 nitrogen and oxygen atoms in total. The normalized spacial score (nSPS) is 13.9. The summed E-state index contributed by atoms with van der Waals surface area (Å²) in [4.78, 5) is 40.6. The smallest absolute Gasteiger partial charge is 0.338 e. The van der Waals surface area contributed by atoms with Crippen LogP contribution < -0.4 is 9.64 Å². The molecule has 1 fully saturated rings. The number of aromatic carboxylic acids is 1. The number of rotatable bonds is 5. The van der Waals surface area contributed by atoms with Crippen molar-refractivity contribution in [3.05, 3.63) is 66.3 Å². The number of furan rings is 1. The fourth-order valence-electron chi connectivity index (χ4n) is 4.51. The summed E-state index contributed by atoms with van der Waals surface area (Å²) >= 11 is 0. The standard InChI is InChI=1S/C26H21N5O6/c1-35-20-7-6-17(21-16-4-2-3-5-19(16)37-22(20)21)23-29-18(14-36-23)24(32)30-8-10-31(11-9-30)26-27-12-15(13-28-26)25(33)34/h2-7,12-14H,8-11H2,1H3,(H,33,34). The van der Waals surface area contributed by atoms with E-state index in [9.17, 15) is 9.59 Å². The Kier molecular flexibility index (Phi) is 5.44. The highest BCUT2D eigenvalue weighted by Gasteiger charge is 2.27. The summed E-state index contributed by atoms with van der Waals surface area (Å²) < 4.78 is 17.3. The second-order valence-electron chi connectivity index (χ2n) is 8.51. The van der Waals surface area contributed by atoms with E-state index in [1.165, 1.54) is 18.7 Å². The number of anilines is 1.